The molecule has 0 fully saturated rings. The van der Waals surface area contributed by atoms with Gasteiger partial charge < -0.3 is 0 Å². The van der Waals surface area contributed by atoms with Crippen LogP contribution in [0.1, 0.15) is 20.0 Å². The average Bonchev–Trinajstić information content (AvgIpc) is 3.24. The third-order valence-electron chi connectivity index (χ3n) is 2.81. The number of tetrazole rings is 1. The number of nitrogens with zero attached hydrogens (tertiary/aromatic N) is 4. The summed E-state index contributed by atoms with van der Waals surface area (Å²) in [5.74, 6) is -0.824. The topological polar surface area (TPSA) is 102 Å². The van der Waals surface area contributed by atoms with Gasteiger partial charge in [-0.25, -0.2) is 4.68 Å². The maximum Gasteiger partial charge on any atom is 0.279 e. The van der Waals surface area contributed by atoms with E-state index in [0.29, 0.717) is 16.1 Å². The first kappa shape index (κ1) is 15.3. The maximum atomic E-state index is 12.1. The zero-order valence-corrected chi connectivity index (χ0v) is 13.8. The van der Waals surface area contributed by atoms with Crippen LogP contribution in [0.15, 0.2) is 46.5 Å². The zero-order valence-electron chi connectivity index (χ0n) is 11.4. The maximum absolute atomic E-state index is 12.1. The number of carbonyl (C=O) groups is 2. The Kier molecular flexibility index (Phi) is 4.44. The third-order valence-corrected chi connectivity index (χ3v) is 4.43. The van der Waals surface area contributed by atoms with Crippen molar-refractivity contribution in [2.75, 3.05) is 0 Å². The predicted molar refractivity (Wildman–Crippen MR) is 86.1 cm³/mol. The van der Waals surface area contributed by atoms with Gasteiger partial charge >= 0.3 is 0 Å². The van der Waals surface area contributed by atoms with E-state index in [1.54, 1.807) is 36.4 Å². The molecule has 0 spiro atoms. The number of nitrogens with one attached hydrogen (secondary N) is 2. The summed E-state index contributed by atoms with van der Waals surface area (Å²) >= 11 is 4.55. The molecule has 0 saturated heterocycles. The second-order valence-corrected chi connectivity index (χ2v) is 6.78. The van der Waals surface area contributed by atoms with Crippen molar-refractivity contribution < 1.29 is 9.59 Å². The SMILES string of the molecule is O=C(NNC(=O)c1ccc(Br)s1)c1cccc(-n2cnnn2)c1. The number of hydrazine groups is 1. The smallest absolute Gasteiger partial charge is 0.267 e. The fourth-order valence-corrected chi connectivity index (χ4v) is 3.03. The quantitative estimate of drug-likeness (QED) is 0.658. The second kappa shape index (κ2) is 6.67. The van der Waals surface area contributed by atoms with Gasteiger partial charge in [0.2, 0.25) is 0 Å². The molecule has 2 amide bonds. The van der Waals surface area contributed by atoms with Gasteiger partial charge in [-0.05, 0) is 56.7 Å². The van der Waals surface area contributed by atoms with Crippen LogP contribution in [0, 0.1) is 0 Å². The van der Waals surface area contributed by atoms with Crippen LogP contribution in [0.5, 0.6) is 0 Å². The molecule has 3 aromatic rings. The summed E-state index contributed by atoms with van der Waals surface area (Å²) < 4.78 is 2.27. The number of thiophene rings is 1. The van der Waals surface area contributed by atoms with Crippen LogP contribution in [0.4, 0.5) is 0 Å². The first-order valence-electron chi connectivity index (χ1n) is 6.33. The van der Waals surface area contributed by atoms with Gasteiger partial charge in [0, 0.05) is 5.56 Å². The first-order chi connectivity index (χ1) is 11.1. The standard InChI is InChI=1S/C13H9BrN6O2S/c14-11-5-4-10(23-11)13(22)17-16-12(21)8-2-1-3-9(6-8)20-7-15-18-19-20/h1-7H,(H,16,21)(H,17,22). The fourth-order valence-electron chi connectivity index (χ4n) is 1.75. The Morgan fingerprint density at radius 3 is 2.65 bits per heavy atom. The van der Waals surface area contributed by atoms with E-state index in [9.17, 15) is 9.59 Å². The number of carbonyl (C=O) groups excluding carboxylic acids is 2. The Morgan fingerprint density at radius 2 is 1.96 bits per heavy atom. The minimum atomic E-state index is -0.441. The van der Waals surface area contributed by atoms with Crippen LogP contribution in [-0.2, 0) is 0 Å². The molecule has 10 heteroatoms. The van der Waals surface area contributed by atoms with Crippen molar-refractivity contribution in [2.45, 2.75) is 0 Å². The molecule has 23 heavy (non-hydrogen) atoms. The molecule has 2 heterocycles. The number of amides is 2. The van der Waals surface area contributed by atoms with Gasteiger partial charge in [0.1, 0.15) is 6.33 Å². The lowest BCUT2D eigenvalue weighted by molar-refractivity contribution is 0.0849. The summed E-state index contributed by atoms with van der Waals surface area (Å²) in [5, 5.41) is 10.8. The number of benzene rings is 1. The highest BCUT2D eigenvalue weighted by molar-refractivity contribution is 9.11. The molecular formula is C13H9BrN6O2S. The lowest BCUT2D eigenvalue weighted by atomic mass is 10.2. The summed E-state index contributed by atoms with van der Waals surface area (Å²) in [4.78, 5) is 24.5. The Hall–Kier alpha value is -2.59. The minimum Gasteiger partial charge on any atom is -0.267 e. The van der Waals surface area contributed by atoms with Gasteiger partial charge in [0.25, 0.3) is 11.8 Å². The monoisotopic (exact) mass is 392 g/mol. The molecule has 0 unspecified atom stereocenters. The van der Waals surface area contributed by atoms with Crippen molar-refractivity contribution in [1.29, 1.82) is 0 Å². The molecule has 2 N–H and O–H groups in total. The molecule has 0 bridgehead atoms. The molecule has 0 atom stereocenters. The summed E-state index contributed by atoms with van der Waals surface area (Å²) in [7, 11) is 0. The Bertz CT molecular complexity index is 848. The van der Waals surface area contributed by atoms with Gasteiger partial charge in [-0.3, -0.25) is 20.4 Å². The van der Waals surface area contributed by atoms with E-state index in [0.717, 1.165) is 3.79 Å². The van der Waals surface area contributed by atoms with Gasteiger partial charge in [0.05, 0.1) is 14.4 Å². The Labute approximate surface area is 142 Å². The highest BCUT2D eigenvalue weighted by Gasteiger charge is 2.11. The van der Waals surface area contributed by atoms with Crippen LogP contribution >= 0.6 is 27.3 Å². The summed E-state index contributed by atoms with van der Waals surface area (Å²) in [5.41, 5.74) is 5.74. The van der Waals surface area contributed by atoms with Crippen molar-refractivity contribution in [1.82, 2.24) is 31.1 Å². The van der Waals surface area contributed by atoms with E-state index >= 15 is 0 Å². The molecule has 8 nitrogen and oxygen atoms in total. The summed E-state index contributed by atoms with van der Waals surface area (Å²) in [6.45, 7) is 0. The summed E-state index contributed by atoms with van der Waals surface area (Å²) in [6, 6.07) is 10.1. The first-order valence-corrected chi connectivity index (χ1v) is 7.94. The number of rotatable bonds is 3. The zero-order chi connectivity index (χ0) is 16.2. The molecular weight excluding hydrogens is 384 g/mol. The van der Waals surface area contributed by atoms with E-state index < -0.39 is 5.91 Å². The number of aromatic nitrogens is 4. The van der Waals surface area contributed by atoms with Crippen LogP contribution in [0.2, 0.25) is 0 Å². The molecule has 2 aromatic heterocycles. The van der Waals surface area contributed by atoms with Crippen molar-refractivity contribution in [3.8, 4) is 5.69 Å². The van der Waals surface area contributed by atoms with Gasteiger partial charge in [-0.15, -0.1) is 16.4 Å². The predicted octanol–water partition coefficient (Wildman–Crippen LogP) is 1.56. The number of hydrogen-bond acceptors (Lipinski definition) is 6. The largest absolute Gasteiger partial charge is 0.279 e. The molecule has 1 aromatic carbocycles. The van der Waals surface area contributed by atoms with Crippen molar-refractivity contribution in [3.05, 3.63) is 57.0 Å². The normalized spacial score (nSPS) is 10.3. The van der Waals surface area contributed by atoms with Crippen molar-refractivity contribution in [3.63, 3.8) is 0 Å². The molecule has 0 aliphatic heterocycles. The van der Waals surface area contributed by atoms with Crippen LogP contribution in [0.25, 0.3) is 5.69 Å². The van der Waals surface area contributed by atoms with Gasteiger partial charge in [0.15, 0.2) is 0 Å². The molecule has 0 aliphatic carbocycles. The number of halogens is 1. The Morgan fingerprint density at radius 1 is 1.13 bits per heavy atom. The molecule has 0 aliphatic rings. The van der Waals surface area contributed by atoms with Crippen LogP contribution < -0.4 is 10.9 Å². The van der Waals surface area contributed by atoms with E-state index in [2.05, 4.69) is 42.3 Å². The third kappa shape index (κ3) is 3.60. The molecule has 0 radical (unpaired) electrons. The molecule has 116 valence electrons. The lowest BCUT2D eigenvalue weighted by Gasteiger charge is -2.07. The van der Waals surface area contributed by atoms with Gasteiger partial charge in [-0.2, -0.15) is 0 Å². The number of hydrogen-bond donors (Lipinski definition) is 2. The van der Waals surface area contributed by atoms with Crippen molar-refractivity contribution in [2.24, 2.45) is 0 Å². The van der Waals surface area contributed by atoms with Crippen LogP contribution in [-0.4, -0.2) is 32.0 Å². The van der Waals surface area contributed by atoms with Gasteiger partial charge in [-0.1, -0.05) is 6.07 Å². The van der Waals surface area contributed by atoms with Crippen molar-refractivity contribution >= 4 is 39.1 Å². The van der Waals surface area contributed by atoms with E-state index in [1.807, 2.05) is 0 Å². The van der Waals surface area contributed by atoms with Crippen LogP contribution in [0.3, 0.4) is 0 Å². The minimum absolute atomic E-state index is 0.366. The molecule has 3 rings (SSSR count). The molecule has 0 saturated carbocycles. The highest BCUT2D eigenvalue weighted by Crippen LogP contribution is 2.21. The highest BCUT2D eigenvalue weighted by atomic mass is 79.9. The Balaban J connectivity index is 1.67. The van der Waals surface area contributed by atoms with E-state index in [4.69, 9.17) is 0 Å². The van der Waals surface area contributed by atoms with E-state index in [1.165, 1.54) is 22.3 Å². The van der Waals surface area contributed by atoms with E-state index in [-0.39, 0.29) is 5.91 Å². The second-order valence-electron chi connectivity index (χ2n) is 4.32. The lowest BCUT2D eigenvalue weighted by Crippen LogP contribution is -2.41. The fraction of sp³-hybridized carbons (Fsp3) is 0. The summed E-state index contributed by atoms with van der Waals surface area (Å²) in [6.07, 6.45) is 1.42. The average molecular weight is 393 g/mol.